The maximum atomic E-state index is 12.4. The molecule has 1 N–H and O–H groups in total. The number of methoxy groups -OCH3 is 1. The third-order valence-corrected chi connectivity index (χ3v) is 4.20. The van der Waals surface area contributed by atoms with E-state index < -0.39 is 10.8 Å². The fraction of sp³-hybridized carbons (Fsp3) is 0.222. The van der Waals surface area contributed by atoms with E-state index in [9.17, 15) is 19.7 Å². The number of benzene rings is 2. The molecule has 8 heteroatoms. The van der Waals surface area contributed by atoms with Crippen molar-refractivity contribution in [2.45, 2.75) is 6.42 Å². The number of amides is 2. The summed E-state index contributed by atoms with van der Waals surface area (Å²) in [5, 5.41) is 13.5. The molecule has 8 nitrogen and oxygen atoms in total. The van der Waals surface area contributed by atoms with Crippen molar-refractivity contribution in [3.8, 4) is 5.75 Å². The van der Waals surface area contributed by atoms with Gasteiger partial charge in [0, 0.05) is 36.5 Å². The van der Waals surface area contributed by atoms with Gasteiger partial charge in [-0.25, -0.2) is 0 Å². The molecule has 2 amide bonds. The minimum absolute atomic E-state index is 0.0901. The average Bonchev–Trinajstić information content (AvgIpc) is 3.04. The minimum Gasteiger partial charge on any atom is -0.497 e. The lowest BCUT2D eigenvalue weighted by molar-refractivity contribution is -0.384. The second-order valence-corrected chi connectivity index (χ2v) is 5.90. The molecule has 1 fully saturated rings. The van der Waals surface area contributed by atoms with Crippen LogP contribution in [0.2, 0.25) is 0 Å². The molecule has 0 aliphatic carbocycles. The van der Waals surface area contributed by atoms with E-state index in [1.165, 1.54) is 18.2 Å². The molecule has 3 rings (SSSR count). The van der Waals surface area contributed by atoms with Crippen molar-refractivity contribution in [3.05, 3.63) is 58.6 Å². The van der Waals surface area contributed by atoms with Crippen molar-refractivity contribution in [2.24, 2.45) is 5.92 Å². The van der Waals surface area contributed by atoms with Gasteiger partial charge in [-0.2, -0.15) is 0 Å². The Morgan fingerprint density at radius 1 is 1.27 bits per heavy atom. The summed E-state index contributed by atoms with van der Waals surface area (Å²) in [5.74, 6) is -0.326. The number of nitro groups is 1. The van der Waals surface area contributed by atoms with Crippen LogP contribution in [0, 0.1) is 16.0 Å². The van der Waals surface area contributed by atoms with Gasteiger partial charge in [-0.1, -0.05) is 6.07 Å². The molecule has 1 atom stereocenters. The van der Waals surface area contributed by atoms with E-state index in [4.69, 9.17) is 4.74 Å². The van der Waals surface area contributed by atoms with Crippen molar-refractivity contribution in [1.29, 1.82) is 0 Å². The van der Waals surface area contributed by atoms with Crippen LogP contribution in [-0.4, -0.2) is 30.4 Å². The largest absolute Gasteiger partial charge is 0.497 e. The van der Waals surface area contributed by atoms with E-state index in [-0.39, 0.29) is 30.5 Å². The van der Waals surface area contributed by atoms with Crippen LogP contribution in [0.5, 0.6) is 5.75 Å². The minimum atomic E-state index is -0.528. The van der Waals surface area contributed by atoms with Crippen molar-refractivity contribution < 1.29 is 19.2 Å². The lowest BCUT2D eigenvalue weighted by Gasteiger charge is -2.17. The van der Waals surface area contributed by atoms with Gasteiger partial charge in [0.15, 0.2) is 0 Å². The van der Waals surface area contributed by atoms with E-state index >= 15 is 0 Å². The van der Waals surface area contributed by atoms with Crippen molar-refractivity contribution in [3.63, 3.8) is 0 Å². The van der Waals surface area contributed by atoms with Gasteiger partial charge in [0.2, 0.25) is 11.8 Å². The first-order valence-electron chi connectivity index (χ1n) is 7.97. The van der Waals surface area contributed by atoms with E-state index in [1.807, 2.05) is 0 Å². The number of ether oxygens (including phenoxy) is 1. The molecule has 1 unspecified atom stereocenters. The summed E-state index contributed by atoms with van der Waals surface area (Å²) in [7, 11) is 1.56. The van der Waals surface area contributed by atoms with Gasteiger partial charge in [0.05, 0.1) is 18.0 Å². The van der Waals surface area contributed by atoms with Gasteiger partial charge in [-0.15, -0.1) is 0 Å². The number of anilines is 2. The zero-order valence-electron chi connectivity index (χ0n) is 14.0. The molecule has 0 saturated carbocycles. The maximum absolute atomic E-state index is 12.4. The lowest BCUT2D eigenvalue weighted by atomic mass is 10.1. The molecule has 1 aliphatic rings. The zero-order valence-corrected chi connectivity index (χ0v) is 14.0. The van der Waals surface area contributed by atoms with E-state index in [0.29, 0.717) is 17.1 Å². The summed E-state index contributed by atoms with van der Waals surface area (Å²) in [4.78, 5) is 36.5. The van der Waals surface area contributed by atoms with Gasteiger partial charge in [-0.05, 0) is 30.3 Å². The molecule has 2 aromatic rings. The summed E-state index contributed by atoms with van der Waals surface area (Å²) < 4.78 is 5.10. The molecule has 0 spiro atoms. The Labute approximate surface area is 149 Å². The highest BCUT2D eigenvalue weighted by Gasteiger charge is 2.35. The number of hydrogen-bond acceptors (Lipinski definition) is 5. The summed E-state index contributed by atoms with van der Waals surface area (Å²) in [6, 6.07) is 12.7. The standard InChI is InChI=1S/C18H17N3O5/c1-26-16-7-5-14(6-8-16)20-11-12(9-17(20)22)18(23)19-13-3-2-4-15(10-13)21(24)25/h2-8,10,12H,9,11H2,1H3,(H,19,23). The number of hydrogen-bond donors (Lipinski definition) is 1. The summed E-state index contributed by atoms with van der Waals surface area (Å²) in [6.45, 7) is 0.256. The Hall–Kier alpha value is -3.42. The third kappa shape index (κ3) is 3.64. The monoisotopic (exact) mass is 355 g/mol. The number of non-ortho nitro benzene ring substituents is 1. The van der Waals surface area contributed by atoms with Crippen molar-refractivity contribution in [2.75, 3.05) is 23.9 Å². The SMILES string of the molecule is COc1ccc(N2CC(C(=O)Nc3cccc([N+](=O)[O-])c3)CC2=O)cc1. The summed E-state index contributed by atoms with van der Waals surface area (Å²) in [6.07, 6.45) is 0.0901. The van der Waals surface area contributed by atoms with Crippen LogP contribution in [-0.2, 0) is 9.59 Å². The summed E-state index contributed by atoms with van der Waals surface area (Å²) in [5.41, 5.74) is 0.922. The second kappa shape index (κ2) is 7.22. The predicted octanol–water partition coefficient (Wildman–Crippen LogP) is 2.60. The van der Waals surface area contributed by atoms with E-state index in [1.54, 1.807) is 42.3 Å². The van der Waals surface area contributed by atoms with Crippen LogP contribution >= 0.6 is 0 Å². The van der Waals surface area contributed by atoms with Gasteiger partial charge >= 0.3 is 0 Å². The molecular formula is C18H17N3O5. The highest BCUT2D eigenvalue weighted by molar-refractivity contribution is 6.03. The highest BCUT2D eigenvalue weighted by atomic mass is 16.6. The molecule has 0 aromatic heterocycles. The third-order valence-electron chi connectivity index (χ3n) is 4.20. The highest BCUT2D eigenvalue weighted by Crippen LogP contribution is 2.28. The van der Waals surface area contributed by atoms with Gasteiger partial charge in [-0.3, -0.25) is 19.7 Å². The Morgan fingerprint density at radius 3 is 2.65 bits per heavy atom. The first kappa shape index (κ1) is 17.4. The topological polar surface area (TPSA) is 102 Å². The number of carbonyl (C=O) groups is 2. The molecule has 2 aromatic carbocycles. The van der Waals surface area contributed by atoms with Crippen LogP contribution in [0.4, 0.5) is 17.1 Å². The van der Waals surface area contributed by atoms with Crippen molar-refractivity contribution >= 4 is 28.9 Å². The molecule has 1 aliphatic heterocycles. The molecule has 26 heavy (non-hydrogen) atoms. The first-order valence-corrected chi connectivity index (χ1v) is 7.97. The molecule has 0 bridgehead atoms. The van der Waals surface area contributed by atoms with Gasteiger partial charge in [0.25, 0.3) is 5.69 Å². The van der Waals surface area contributed by atoms with Crippen LogP contribution in [0.3, 0.4) is 0 Å². The van der Waals surface area contributed by atoms with Crippen LogP contribution in [0.1, 0.15) is 6.42 Å². The van der Waals surface area contributed by atoms with E-state index in [0.717, 1.165) is 0 Å². The molecular weight excluding hydrogens is 338 g/mol. The molecule has 0 radical (unpaired) electrons. The normalized spacial score (nSPS) is 16.4. The maximum Gasteiger partial charge on any atom is 0.271 e. The Balaban J connectivity index is 1.68. The lowest BCUT2D eigenvalue weighted by Crippen LogP contribution is -2.28. The number of rotatable bonds is 5. The number of nitrogens with zero attached hydrogens (tertiary/aromatic N) is 2. The van der Waals surface area contributed by atoms with Crippen LogP contribution in [0.15, 0.2) is 48.5 Å². The number of nitrogens with one attached hydrogen (secondary N) is 1. The fourth-order valence-electron chi connectivity index (χ4n) is 2.84. The smallest absolute Gasteiger partial charge is 0.271 e. The predicted molar refractivity (Wildman–Crippen MR) is 95.2 cm³/mol. The average molecular weight is 355 g/mol. The Morgan fingerprint density at radius 2 is 2.00 bits per heavy atom. The summed E-state index contributed by atoms with van der Waals surface area (Å²) >= 11 is 0. The quantitative estimate of drug-likeness (QED) is 0.656. The molecule has 134 valence electrons. The van der Waals surface area contributed by atoms with Gasteiger partial charge < -0.3 is 15.0 Å². The number of carbonyl (C=O) groups excluding carboxylic acids is 2. The van der Waals surface area contributed by atoms with Crippen molar-refractivity contribution in [1.82, 2.24) is 0 Å². The number of nitro benzene ring substituents is 1. The fourth-order valence-corrected chi connectivity index (χ4v) is 2.84. The molecule has 1 saturated heterocycles. The van der Waals surface area contributed by atoms with Gasteiger partial charge in [0.1, 0.15) is 5.75 Å². The Kier molecular flexibility index (Phi) is 4.83. The zero-order chi connectivity index (χ0) is 18.7. The first-order chi connectivity index (χ1) is 12.5. The van der Waals surface area contributed by atoms with E-state index in [2.05, 4.69) is 5.32 Å². The second-order valence-electron chi connectivity index (χ2n) is 5.90. The van der Waals surface area contributed by atoms with Crippen LogP contribution < -0.4 is 15.0 Å². The Bertz CT molecular complexity index is 850. The molecule has 1 heterocycles. The van der Waals surface area contributed by atoms with Crippen LogP contribution in [0.25, 0.3) is 0 Å².